The van der Waals surface area contributed by atoms with Crippen molar-refractivity contribution in [2.24, 2.45) is 0 Å². The third-order valence-corrected chi connectivity index (χ3v) is 3.92. The van der Waals surface area contributed by atoms with Crippen molar-refractivity contribution >= 4 is 23.5 Å². The highest BCUT2D eigenvalue weighted by atomic mass is 32.2. The molecule has 1 unspecified atom stereocenters. The number of hydrogen-bond donors (Lipinski definition) is 1. The van der Waals surface area contributed by atoms with E-state index in [0.29, 0.717) is 0 Å². The predicted molar refractivity (Wildman–Crippen MR) is 70.8 cm³/mol. The van der Waals surface area contributed by atoms with Crippen molar-refractivity contribution in [3.05, 3.63) is 29.8 Å². The number of thioether (sulfide) groups is 2. The van der Waals surface area contributed by atoms with Crippen LogP contribution >= 0.6 is 23.5 Å². The van der Waals surface area contributed by atoms with Gasteiger partial charge >= 0.3 is 0 Å². The molecule has 0 fully saturated rings. The lowest BCUT2D eigenvalue weighted by atomic mass is 10.1. The SMILES string of the molecule is CSCCCSc1ccc(C(C)O)cc1. The molecule has 1 atom stereocenters. The van der Waals surface area contributed by atoms with Crippen LogP contribution in [0.15, 0.2) is 29.2 Å². The maximum absolute atomic E-state index is 9.35. The molecule has 15 heavy (non-hydrogen) atoms. The van der Waals surface area contributed by atoms with Gasteiger partial charge in [-0.3, -0.25) is 0 Å². The van der Waals surface area contributed by atoms with Gasteiger partial charge in [-0.15, -0.1) is 11.8 Å². The molecule has 0 heterocycles. The van der Waals surface area contributed by atoms with Crippen molar-refractivity contribution in [3.63, 3.8) is 0 Å². The Labute approximate surface area is 101 Å². The minimum absolute atomic E-state index is 0.361. The summed E-state index contributed by atoms with van der Waals surface area (Å²) >= 11 is 3.78. The van der Waals surface area contributed by atoms with Crippen LogP contribution in [-0.4, -0.2) is 22.9 Å². The quantitative estimate of drug-likeness (QED) is 0.608. The van der Waals surface area contributed by atoms with Crippen LogP contribution in [0, 0.1) is 0 Å². The molecule has 0 amide bonds. The number of rotatable bonds is 6. The lowest BCUT2D eigenvalue weighted by Gasteiger charge is -2.05. The maximum atomic E-state index is 9.35. The van der Waals surface area contributed by atoms with Crippen molar-refractivity contribution in [1.29, 1.82) is 0 Å². The van der Waals surface area contributed by atoms with Crippen molar-refractivity contribution in [1.82, 2.24) is 0 Å². The molecule has 0 saturated carbocycles. The van der Waals surface area contributed by atoms with E-state index in [-0.39, 0.29) is 6.10 Å². The largest absolute Gasteiger partial charge is 0.389 e. The standard InChI is InChI=1S/C12H18OS2/c1-10(13)11-4-6-12(7-5-11)15-9-3-8-14-2/h4-7,10,13H,3,8-9H2,1-2H3. The maximum Gasteiger partial charge on any atom is 0.0761 e. The summed E-state index contributed by atoms with van der Waals surface area (Å²) in [5, 5.41) is 9.35. The minimum Gasteiger partial charge on any atom is -0.389 e. The van der Waals surface area contributed by atoms with E-state index in [0.717, 1.165) is 5.56 Å². The molecule has 0 aliphatic rings. The highest BCUT2D eigenvalue weighted by Gasteiger charge is 2.00. The molecule has 1 N–H and O–H groups in total. The highest BCUT2D eigenvalue weighted by Crippen LogP contribution is 2.21. The van der Waals surface area contributed by atoms with Crippen LogP contribution in [0.4, 0.5) is 0 Å². The van der Waals surface area contributed by atoms with E-state index < -0.39 is 0 Å². The van der Waals surface area contributed by atoms with E-state index in [9.17, 15) is 5.11 Å². The average molecular weight is 242 g/mol. The zero-order valence-electron chi connectivity index (χ0n) is 9.27. The molecule has 0 radical (unpaired) electrons. The Hall–Kier alpha value is -0.120. The number of benzene rings is 1. The second kappa shape index (κ2) is 7.20. The molecule has 0 saturated heterocycles. The zero-order valence-corrected chi connectivity index (χ0v) is 10.9. The van der Waals surface area contributed by atoms with Gasteiger partial charge in [-0.05, 0) is 48.8 Å². The van der Waals surface area contributed by atoms with E-state index in [2.05, 4.69) is 18.4 Å². The molecule has 0 aromatic heterocycles. The molecular weight excluding hydrogens is 224 g/mol. The molecule has 0 bridgehead atoms. The molecule has 84 valence electrons. The summed E-state index contributed by atoms with van der Waals surface area (Å²) in [4.78, 5) is 1.29. The van der Waals surface area contributed by atoms with Crippen LogP contribution in [0.5, 0.6) is 0 Å². The van der Waals surface area contributed by atoms with E-state index in [1.165, 1.54) is 22.8 Å². The number of hydrogen-bond acceptors (Lipinski definition) is 3. The first-order valence-corrected chi connectivity index (χ1v) is 7.51. The molecule has 3 heteroatoms. The number of aliphatic hydroxyl groups is 1. The molecule has 0 spiro atoms. The first-order chi connectivity index (χ1) is 7.24. The van der Waals surface area contributed by atoms with Crippen molar-refractivity contribution in [2.75, 3.05) is 17.8 Å². The summed E-state index contributed by atoms with van der Waals surface area (Å²) in [5.74, 6) is 2.41. The van der Waals surface area contributed by atoms with Crippen molar-refractivity contribution < 1.29 is 5.11 Å². The minimum atomic E-state index is -0.361. The van der Waals surface area contributed by atoms with E-state index in [4.69, 9.17) is 0 Å². The molecule has 1 aromatic rings. The van der Waals surface area contributed by atoms with Crippen LogP contribution in [0.3, 0.4) is 0 Å². The van der Waals surface area contributed by atoms with E-state index in [1.807, 2.05) is 35.7 Å². The van der Waals surface area contributed by atoms with Gasteiger partial charge in [0, 0.05) is 4.90 Å². The molecule has 1 nitrogen and oxygen atoms in total. The Balaban J connectivity index is 2.36. The summed E-state index contributed by atoms with van der Waals surface area (Å²) < 4.78 is 0. The highest BCUT2D eigenvalue weighted by molar-refractivity contribution is 7.99. The molecule has 1 aromatic carbocycles. The van der Waals surface area contributed by atoms with E-state index in [1.54, 1.807) is 6.92 Å². The summed E-state index contributed by atoms with van der Waals surface area (Å²) in [6.07, 6.45) is 3.03. The van der Waals surface area contributed by atoms with Gasteiger partial charge in [-0.25, -0.2) is 0 Å². The molecule has 0 aliphatic heterocycles. The predicted octanol–water partition coefficient (Wildman–Crippen LogP) is 3.59. The fraction of sp³-hybridized carbons (Fsp3) is 0.500. The zero-order chi connectivity index (χ0) is 11.1. The fourth-order valence-electron chi connectivity index (χ4n) is 1.24. The Morgan fingerprint density at radius 3 is 2.40 bits per heavy atom. The Bertz CT molecular complexity index is 269. The normalized spacial score (nSPS) is 12.7. The topological polar surface area (TPSA) is 20.2 Å². The monoisotopic (exact) mass is 242 g/mol. The number of aliphatic hydroxyl groups excluding tert-OH is 1. The van der Waals surface area contributed by atoms with Gasteiger partial charge in [-0.1, -0.05) is 12.1 Å². The van der Waals surface area contributed by atoms with Crippen molar-refractivity contribution in [3.8, 4) is 0 Å². The van der Waals surface area contributed by atoms with Crippen LogP contribution in [0.1, 0.15) is 25.0 Å². The van der Waals surface area contributed by atoms with Gasteiger partial charge in [0.15, 0.2) is 0 Å². The Morgan fingerprint density at radius 2 is 1.87 bits per heavy atom. The van der Waals surface area contributed by atoms with E-state index >= 15 is 0 Å². The lowest BCUT2D eigenvalue weighted by molar-refractivity contribution is 0.199. The van der Waals surface area contributed by atoms with Crippen LogP contribution in [0.2, 0.25) is 0 Å². The third kappa shape index (κ3) is 4.96. The van der Waals surface area contributed by atoms with Gasteiger partial charge in [-0.2, -0.15) is 11.8 Å². The van der Waals surface area contributed by atoms with Crippen molar-refractivity contribution in [2.45, 2.75) is 24.3 Å². The first kappa shape index (κ1) is 12.9. The van der Waals surface area contributed by atoms with Crippen LogP contribution in [0.25, 0.3) is 0 Å². The van der Waals surface area contributed by atoms with Gasteiger partial charge in [0.25, 0.3) is 0 Å². The second-order valence-electron chi connectivity index (χ2n) is 3.44. The summed E-state index contributed by atoms with van der Waals surface area (Å²) in [6.45, 7) is 1.79. The van der Waals surface area contributed by atoms with Crippen LogP contribution < -0.4 is 0 Å². The fourth-order valence-corrected chi connectivity index (χ4v) is 2.70. The molecule has 1 rings (SSSR count). The van der Waals surface area contributed by atoms with Crippen LogP contribution in [-0.2, 0) is 0 Å². The third-order valence-electron chi connectivity index (χ3n) is 2.12. The first-order valence-electron chi connectivity index (χ1n) is 5.14. The molecule has 0 aliphatic carbocycles. The average Bonchev–Trinajstić information content (AvgIpc) is 2.25. The smallest absolute Gasteiger partial charge is 0.0761 e. The summed E-state index contributed by atoms with van der Waals surface area (Å²) in [6, 6.07) is 8.18. The van der Waals surface area contributed by atoms with Gasteiger partial charge < -0.3 is 5.11 Å². The summed E-state index contributed by atoms with van der Waals surface area (Å²) in [5.41, 5.74) is 0.989. The lowest BCUT2D eigenvalue weighted by Crippen LogP contribution is -1.90. The molecular formula is C12H18OS2. The summed E-state index contributed by atoms with van der Waals surface area (Å²) in [7, 11) is 0. The Morgan fingerprint density at radius 1 is 1.20 bits per heavy atom. The van der Waals surface area contributed by atoms with Gasteiger partial charge in [0.2, 0.25) is 0 Å². The Kier molecular flexibility index (Phi) is 6.22. The van der Waals surface area contributed by atoms with Gasteiger partial charge in [0.05, 0.1) is 6.10 Å². The van der Waals surface area contributed by atoms with Gasteiger partial charge in [0.1, 0.15) is 0 Å². The second-order valence-corrected chi connectivity index (χ2v) is 5.59.